The van der Waals surface area contributed by atoms with Crippen LogP contribution in [0.15, 0.2) is 11.4 Å². The molecule has 0 fully saturated rings. The molecule has 17 heavy (non-hydrogen) atoms. The zero-order chi connectivity index (χ0) is 12.8. The van der Waals surface area contributed by atoms with Crippen molar-refractivity contribution in [3.8, 4) is 0 Å². The molecule has 0 saturated heterocycles. The second-order valence-electron chi connectivity index (χ2n) is 3.21. The highest BCUT2D eigenvalue weighted by molar-refractivity contribution is 7.12. The number of rotatable bonds is 5. The normalized spacial score (nSPS) is 11.9. The van der Waals surface area contributed by atoms with E-state index in [1.54, 1.807) is 11.4 Å². The van der Waals surface area contributed by atoms with Gasteiger partial charge in [0.25, 0.3) is 0 Å². The molecule has 0 spiro atoms. The quantitative estimate of drug-likeness (QED) is 0.748. The second-order valence-corrected chi connectivity index (χ2v) is 4.12. The Balaban J connectivity index is 2.72. The van der Waals surface area contributed by atoms with Crippen molar-refractivity contribution in [1.82, 2.24) is 0 Å². The Morgan fingerprint density at radius 3 is 2.82 bits per heavy atom. The first-order valence-corrected chi connectivity index (χ1v) is 5.69. The van der Waals surface area contributed by atoms with Crippen LogP contribution in [0.2, 0.25) is 0 Å². The van der Waals surface area contributed by atoms with E-state index in [1.165, 1.54) is 25.6 Å². The molecule has 1 rings (SSSR count). The lowest BCUT2D eigenvalue weighted by molar-refractivity contribution is -0.118. The van der Waals surface area contributed by atoms with Gasteiger partial charge in [0.1, 0.15) is 10.9 Å². The van der Waals surface area contributed by atoms with E-state index in [-0.39, 0.29) is 6.61 Å². The molecule has 3 N–H and O–H groups in total. The number of esters is 1. The van der Waals surface area contributed by atoms with Gasteiger partial charge in [-0.1, -0.05) is 0 Å². The van der Waals surface area contributed by atoms with Crippen LogP contribution in [0, 0.1) is 0 Å². The maximum Gasteiger partial charge on any atom is 0.350 e. The molecule has 6 nitrogen and oxygen atoms in total. The largest absolute Gasteiger partial charge is 0.465 e. The zero-order valence-corrected chi connectivity index (χ0v) is 10.4. The third-order valence-electron chi connectivity index (χ3n) is 1.98. The third kappa shape index (κ3) is 3.52. The number of anilines is 1. The summed E-state index contributed by atoms with van der Waals surface area (Å²) in [6.45, 7) is 0.115. The van der Waals surface area contributed by atoms with Crippen molar-refractivity contribution < 1.29 is 19.1 Å². The van der Waals surface area contributed by atoms with Gasteiger partial charge in [-0.15, -0.1) is 11.3 Å². The maximum absolute atomic E-state index is 11.6. The molecular weight excluding hydrogens is 244 g/mol. The fourth-order valence-corrected chi connectivity index (χ4v) is 1.90. The van der Waals surface area contributed by atoms with Gasteiger partial charge in [-0.05, 0) is 11.4 Å². The summed E-state index contributed by atoms with van der Waals surface area (Å²) in [5, 5.41) is 4.24. The number of methoxy groups -OCH3 is 2. The molecule has 0 aliphatic rings. The molecule has 1 aromatic heterocycles. The predicted molar refractivity (Wildman–Crippen MR) is 64.1 cm³/mol. The average molecular weight is 258 g/mol. The second kappa shape index (κ2) is 6.33. The summed E-state index contributed by atoms with van der Waals surface area (Å²) in [4.78, 5) is 23.3. The van der Waals surface area contributed by atoms with Crippen LogP contribution in [0.1, 0.15) is 9.67 Å². The molecule has 1 atom stereocenters. The lowest BCUT2D eigenvalue weighted by Gasteiger charge is -2.11. The first-order valence-electron chi connectivity index (χ1n) is 4.81. The van der Waals surface area contributed by atoms with Crippen LogP contribution in [0.25, 0.3) is 0 Å². The Labute approximate surface area is 103 Å². The summed E-state index contributed by atoms with van der Waals surface area (Å²) >= 11 is 1.19. The molecule has 0 bridgehead atoms. The van der Waals surface area contributed by atoms with Crippen LogP contribution in [0.4, 0.5) is 5.69 Å². The average Bonchev–Trinajstić information content (AvgIpc) is 2.76. The van der Waals surface area contributed by atoms with Gasteiger partial charge < -0.3 is 20.5 Å². The smallest absolute Gasteiger partial charge is 0.350 e. The third-order valence-corrected chi connectivity index (χ3v) is 2.87. The van der Waals surface area contributed by atoms with Gasteiger partial charge in [0, 0.05) is 7.11 Å². The van der Waals surface area contributed by atoms with Crippen LogP contribution in [0.5, 0.6) is 0 Å². The van der Waals surface area contributed by atoms with Crippen molar-refractivity contribution in [2.75, 3.05) is 26.1 Å². The van der Waals surface area contributed by atoms with E-state index >= 15 is 0 Å². The molecule has 0 saturated carbocycles. The van der Waals surface area contributed by atoms with Crippen LogP contribution < -0.4 is 11.1 Å². The van der Waals surface area contributed by atoms with Crippen LogP contribution >= 0.6 is 11.3 Å². The van der Waals surface area contributed by atoms with E-state index in [2.05, 4.69) is 10.1 Å². The SMILES string of the molecule is COCC(N)C(=O)Nc1ccsc1C(=O)OC. The number of carbonyl (C=O) groups excluding carboxylic acids is 2. The maximum atomic E-state index is 11.6. The molecule has 1 heterocycles. The Morgan fingerprint density at radius 2 is 2.24 bits per heavy atom. The summed E-state index contributed by atoms with van der Waals surface area (Å²) in [6.07, 6.45) is 0. The van der Waals surface area contributed by atoms with Gasteiger partial charge in [0.2, 0.25) is 5.91 Å². The monoisotopic (exact) mass is 258 g/mol. The Bertz CT molecular complexity index is 405. The fourth-order valence-electron chi connectivity index (χ4n) is 1.14. The summed E-state index contributed by atoms with van der Waals surface area (Å²) in [6, 6.07) is 0.847. The number of hydrogen-bond acceptors (Lipinski definition) is 6. The molecule has 0 aromatic carbocycles. The van der Waals surface area contributed by atoms with Crippen molar-refractivity contribution in [2.24, 2.45) is 5.73 Å². The summed E-state index contributed by atoms with van der Waals surface area (Å²) in [5.41, 5.74) is 5.95. The standard InChI is InChI=1S/C10H14N2O4S/c1-15-5-6(11)9(13)12-7-3-4-17-8(7)10(14)16-2/h3-4,6H,5,11H2,1-2H3,(H,12,13). The summed E-state index contributed by atoms with van der Waals surface area (Å²) in [5.74, 6) is -0.897. The molecule has 1 unspecified atom stereocenters. The number of nitrogens with one attached hydrogen (secondary N) is 1. The minimum Gasteiger partial charge on any atom is -0.465 e. The predicted octanol–water partition coefficient (Wildman–Crippen LogP) is 0.447. The molecule has 94 valence electrons. The molecule has 0 aliphatic carbocycles. The number of hydrogen-bond donors (Lipinski definition) is 2. The number of nitrogens with two attached hydrogens (primary N) is 1. The Hall–Kier alpha value is -1.44. The van der Waals surface area contributed by atoms with E-state index < -0.39 is 17.9 Å². The lowest BCUT2D eigenvalue weighted by atomic mass is 10.3. The first-order chi connectivity index (χ1) is 8.10. The van der Waals surface area contributed by atoms with Crippen molar-refractivity contribution in [3.63, 3.8) is 0 Å². The number of amides is 1. The van der Waals surface area contributed by atoms with Gasteiger partial charge in [-0.25, -0.2) is 4.79 Å². The van der Waals surface area contributed by atoms with Gasteiger partial charge in [0.05, 0.1) is 19.4 Å². The molecule has 1 aromatic rings. The number of ether oxygens (including phenoxy) is 2. The molecule has 1 amide bonds. The minimum atomic E-state index is -0.773. The highest BCUT2D eigenvalue weighted by Gasteiger charge is 2.18. The summed E-state index contributed by atoms with van der Waals surface area (Å²) < 4.78 is 9.36. The molecular formula is C10H14N2O4S. The molecule has 0 aliphatic heterocycles. The lowest BCUT2D eigenvalue weighted by Crippen LogP contribution is -2.39. The zero-order valence-electron chi connectivity index (χ0n) is 9.56. The number of carbonyl (C=O) groups is 2. The summed E-state index contributed by atoms with van der Waals surface area (Å²) in [7, 11) is 2.74. The Morgan fingerprint density at radius 1 is 1.53 bits per heavy atom. The van der Waals surface area contributed by atoms with Crippen LogP contribution in [0.3, 0.4) is 0 Å². The van der Waals surface area contributed by atoms with Crippen molar-refractivity contribution in [2.45, 2.75) is 6.04 Å². The van der Waals surface area contributed by atoms with E-state index in [0.29, 0.717) is 10.6 Å². The van der Waals surface area contributed by atoms with Gasteiger partial charge in [-0.3, -0.25) is 4.79 Å². The fraction of sp³-hybridized carbons (Fsp3) is 0.400. The molecule has 0 radical (unpaired) electrons. The topological polar surface area (TPSA) is 90.6 Å². The first kappa shape index (κ1) is 13.6. The minimum absolute atomic E-state index is 0.115. The van der Waals surface area contributed by atoms with Crippen molar-refractivity contribution in [3.05, 3.63) is 16.3 Å². The van der Waals surface area contributed by atoms with E-state index in [0.717, 1.165) is 0 Å². The Kier molecular flexibility index (Phi) is 5.08. The van der Waals surface area contributed by atoms with Crippen molar-refractivity contribution in [1.29, 1.82) is 0 Å². The van der Waals surface area contributed by atoms with Crippen molar-refractivity contribution >= 4 is 28.9 Å². The molecule has 7 heteroatoms. The number of thiophene rings is 1. The van der Waals surface area contributed by atoms with E-state index in [1.807, 2.05) is 0 Å². The highest BCUT2D eigenvalue weighted by atomic mass is 32.1. The van der Waals surface area contributed by atoms with Crippen LogP contribution in [-0.4, -0.2) is 38.7 Å². The van der Waals surface area contributed by atoms with Gasteiger partial charge in [-0.2, -0.15) is 0 Å². The van der Waals surface area contributed by atoms with Gasteiger partial charge in [0.15, 0.2) is 0 Å². The van der Waals surface area contributed by atoms with E-state index in [9.17, 15) is 9.59 Å². The highest BCUT2D eigenvalue weighted by Crippen LogP contribution is 2.23. The van der Waals surface area contributed by atoms with E-state index in [4.69, 9.17) is 10.5 Å². The van der Waals surface area contributed by atoms with Crippen LogP contribution in [-0.2, 0) is 14.3 Å². The van der Waals surface area contributed by atoms with Gasteiger partial charge >= 0.3 is 5.97 Å².